The van der Waals surface area contributed by atoms with Gasteiger partial charge in [-0.15, -0.1) is 11.3 Å². The number of aliphatic hydroxyl groups excluding tert-OH is 1. The van der Waals surface area contributed by atoms with E-state index in [1.807, 2.05) is 29.0 Å². The molecular weight excluding hydrogens is 515 g/mol. The third-order valence-electron chi connectivity index (χ3n) is 6.39. The molecule has 1 aromatic heterocycles. The number of amides is 1. The second-order valence-corrected chi connectivity index (χ2v) is 12.1. The molecule has 0 aliphatic heterocycles. The van der Waals surface area contributed by atoms with E-state index in [0.29, 0.717) is 17.7 Å². The number of aryl methyl sites for hydroxylation is 1. The Morgan fingerprint density at radius 3 is 2.84 bits per heavy atom. The van der Waals surface area contributed by atoms with E-state index in [1.54, 1.807) is 24.3 Å². The number of hydrogen-bond donors (Lipinski definition) is 2. The Labute approximate surface area is 218 Å². The average molecular weight is 541 g/mol. The third-order valence-corrected chi connectivity index (χ3v) is 7.95. The van der Waals surface area contributed by atoms with Gasteiger partial charge in [-0.2, -0.15) is 0 Å². The highest BCUT2D eigenvalue weighted by atomic mass is 32.2. The second kappa shape index (κ2) is 10.2. The molecule has 0 radical (unpaired) electrons. The van der Waals surface area contributed by atoms with Gasteiger partial charge in [0.05, 0.1) is 22.6 Å². The molecular formula is C27H25FN2O5S2. The Hall–Kier alpha value is -3.34. The van der Waals surface area contributed by atoms with Crippen LogP contribution in [0.3, 0.4) is 0 Å². The van der Waals surface area contributed by atoms with Crippen molar-refractivity contribution < 1.29 is 27.4 Å². The minimum Gasteiger partial charge on any atom is -0.486 e. The molecule has 1 aliphatic carbocycles. The standard InChI is InChI=1S/C27H25FN2O5S2/c1-37(33,34)30-27(32)19-4-2-3-16(12-19)11-18-6-5-17-7-9-21(14-22(17)26(18)31)35-15-25-29-23-13-20(28)8-10-24(23)36-25/h2-4,7-10,12-14,18,26,31H,5-6,11,15H2,1H3,(H,30,32). The highest BCUT2D eigenvalue weighted by Crippen LogP contribution is 2.38. The molecule has 1 aliphatic rings. The van der Waals surface area contributed by atoms with E-state index in [4.69, 9.17) is 4.74 Å². The fraction of sp³-hybridized carbons (Fsp3) is 0.259. The number of hydrogen-bond acceptors (Lipinski definition) is 7. The van der Waals surface area contributed by atoms with Crippen LogP contribution in [-0.2, 0) is 29.5 Å². The van der Waals surface area contributed by atoms with Crippen LogP contribution in [0.4, 0.5) is 4.39 Å². The van der Waals surface area contributed by atoms with Crippen LogP contribution in [-0.4, -0.2) is 30.7 Å². The molecule has 0 spiro atoms. The number of carbonyl (C=O) groups is 1. The molecule has 5 rings (SSSR count). The lowest BCUT2D eigenvalue weighted by Crippen LogP contribution is -2.29. The number of nitrogens with zero attached hydrogens (tertiary/aromatic N) is 1. The van der Waals surface area contributed by atoms with Crippen molar-refractivity contribution in [3.05, 3.63) is 93.7 Å². The van der Waals surface area contributed by atoms with Crippen molar-refractivity contribution in [2.24, 2.45) is 5.92 Å². The first-order valence-electron chi connectivity index (χ1n) is 11.7. The van der Waals surface area contributed by atoms with Crippen LogP contribution < -0.4 is 9.46 Å². The zero-order valence-corrected chi connectivity index (χ0v) is 21.6. The quantitative estimate of drug-likeness (QED) is 0.357. The monoisotopic (exact) mass is 540 g/mol. The number of thiazole rings is 1. The molecule has 2 atom stereocenters. The van der Waals surface area contributed by atoms with E-state index in [0.717, 1.165) is 45.5 Å². The number of fused-ring (bicyclic) bond motifs is 2. The van der Waals surface area contributed by atoms with Gasteiger partial charge in [-0.05, 0) is 78.3 Å². The fourth-order valence-electron chi connectivity index (χ4n) is 4.66. The minimum absolute atomic E-state index is 0.0740. The molecule has 4 aromatic rings. The summed E-state index contributed by atoms with van der Waals surface area (Å²) in [5.41, 5.74) is 3.57. The first kappa shape index (κ1) is 25.3. The van der Waals surface area contributed by atoms with Crippen molar-refractivity contribution in [3.8, 4) is 5.75 Å². The normalized spacial score (nSPS) is 17.4. The molecule has 192 valence electrons. The lowest BCUT2D eigenvalue weighted by atomic mass is 9.78. The molecule has 2 unspecified atom stereocenters. The van der Waals surface area contributed by atoms with Crippen LogP contribution in [0.25, 0.3) is 10.2 Å². The van der Waals surface area contributed by atoms with Gasteiger partial charge < -0.3 is 9.84 Å². The number of benzene rings is 3. The highest BCUT2D eigenvalue weighted by molar-refractivity contribution is 7.89. The maximum atomic E-state index is 13.4. The van der Waals surface area contributed by atoms with E-state index >= 15 is 0 Å². The van der Waals surface area contributed by atoms with E-state index in [9.17, 15) is 22.7 Å². The van der Waals surface area contributed by atoms with Gasteiger partial charge >= 0.3 is 0 Å². The van der Waals surface area contributed by atoms with Gasteiger partial charge in [0.1, 0.15) is 23.2 Å². The molecule has 10 heteroatoms. The molecule has 0 saturated carbocycles. The lowest BCUT2D eigenvalue weighted by molar-refractivity contribution is 0.0932. The number of nitrogens with one attached hydrogen (secondary N) is 1. The number of ether oxygens (including phenoxy) is 1. The highest BCUT2D eigenvalue weighted by Gasteiger charge is 2.29. The Morgan fingerprint density at radius 2 is 2.03 bits per heavy atom. The fourth-order valence-corrected chi connectivity index (χ4v) is 5.97. The second-order valence-electron chi connectivity index (χ2n) is 9.22. The van der Waals surface area contributed by atoms with E-state index in [-0.39, 0.29) is 23.9 Å². The summed E-state index contributed by atoms with van der Waals surface area (Å²) in [6, 6.07) is 17.0. The van der Waals surface area contributed by atoms with Gasteiger partial charge in [-0.25, -0.2) is 22.5 Å². The maximum absolute atomic E-state index is 13.4. The zero-order valence-electron chi connectivity index (χ0n) is 20.0. The number of sulfonamides is 1. The Bertz CT molecular complexity index is 1580. The third kappa shape index (κ3) is 5.98. The molecule has 1 heterocycles. The summed E-state index contributed by atoms with van der Waals surface area (Å²) < 4.78 is 45.1. The number of aromatic nitrogens is 1. The zero-order chi connectivity index (χ0) is 26.2. The first-order valence-corrected chi connectivity index (χ1v) is 14.4. The van der Waals surface area contributed by atoms with Gasteiger partial charge in [-0.1, -0.05) is 18.2 Å². The summed E-state index contributed by atoms with van der Waals surface area (Å²) in [4.78, 5) is 16.7. The SMILES string of the molecule is CS(=O)(=O)NC(=O)c1cccc(CC2CCc3ccc(OCc4nc5cc(F)ccc5s4)cc3C2O)c1. The van der Waals surface area contributed by atoms with Crippen LogP contribution in [0.5, 0.6) is 5.75 Å². The minimum atomic E-state index is -3.66. The van der Waals surface area contributed by atoms with Crippen molar-refractivity contribution in [1.82, 2.24) is 9.71 Å². The van der Waals surface area contributed by atoms with Crippen LogP contribution >= 0.6 is 11.3 Å². The smallest absolute Gasteiger partial charge is 0.264 e. The van der Waals surface area contributed by atoms with Gasteiger partial charge in [0.25, 0.3) is 5.91 Å². The number of carbonyl (C=O) groups excluding carboxylic acids is 1. The topological polar surface area (TPSA) is 106 Å². The predicted molar refractivity (Wildman–Crippen MR) is 140 cm³/mol. The predicted octanol–water partition coefficient (Wildman–Crippen LogP) is 4.54. The molecule has 2 N–H and O–H groups in total. The van der Waals surface area contributed by atoms with Crippen LogP contribution in [0, 0.1) is 11.7 Å². The molecule has 1 amide bonds. The summed E-state index contributed by atoms with van der Waals surface area (Å²) in [6.45, 7) is 0.238. The van der Waals surface area contributed by atoms with Crippen molar-refractivity contribution in [2.45, 2.75) is 32.0 Å². The molecule has 3 aromatic carbocycles. The summed E-state index contributed by atoms with van der Waals surface area (Å²) in [5, 5.41) is 11.9. The summed E-state index contributed by atoms with van der Waals surface area (Å²) >= 11 is 1.45. The van der Waals surface area contributed by atoms with Crippen LogP contribution in [0.15, 0.2) is 60.7 Å². The summed E-state index contributed by atoms with van der Waals surface area (Å²) in [6.07, 6.45) is 2.33. The Balaban J connectivity index is 1.27. The van der Waals surface area contributed by atoms with Crippen molar-refractivity contribution in [1.29, 1.82) is 0 Å². The number of halogens is 1. The van der Waals surface area contributed by atoms with E-state index in [1.165, 1.54) is 23.5 Å². The number of rotatable bonds is 7. The Kier molecular flexibility index (Phi) is 6.98. The van der Waals surface area contributed by atoms with Crippen LogP contribution in [0.1, 0.15) is 44.6 Å². The van der Waals surface area contributed by atoms with Gasteiger partial charge in [0.2, 0.25) is 10.0 Å². The van der Waals surface area contributed by atoms with Gasteiger partial charge in [0, 0.05) is 11.6 Å². The lowest BCUT2D eigenvalue weighted by Gasteiger charge is -2.30. The maximum Gasteiger partial charge on any atom is 0.264 e. The summed E-state index contributed by atoms with van der Waals surface area (Å²) in [5.74, 6) is -0.468. The number of aliphatic hydroxyl groups is 1. The largest absolute Gasteiger partial charge is 0.486 e. The van der Waals surface area contributed by atoms with Crippen molar-refractivity contribution >= 4 is 37.5 Å². The van der Waals surface area contributed by atoms with Gasteiger partial charge in [-0.3, -0.25) is 4.79 Å². The Morgan fingerprint density at radius 1 is 1.19 bits per heavy atom. The first-order chi connectivity index (χ1) is 17.6. The average Bonchev–Trinajstić information content (AvgIpc) is 3.26. The van der Waals surface area contributed by atoms with Crippen molar-refractivity contribution in [2.75, 3.05) is 6.26 Å². The van der Waals surface area contributed by atoms with E-state index < -0.39 is 22.0 Å². The van der Waals surface area contributed by atoms with E-state index in [2.05, 4.69) is 4.98 Å². The van der Waals surface area contributed by atoms with Crippen LogP contribution in [0.2, 0.25) is 0 Å². The summed E-state index contributed by atoms with van der Waals surface area (Å²) in [7, 11) is -3.66. The van der Waals surface area contributed by atoms with Crippen molar-refractivity contribution in [3.63, 3.8) is 0 Å². The molecule has 37 heavy (non-hydrogen) atoms. The molecule has 0 fully saturated rings. The molecule has 7 nitrogen and oxygen atoms in total. The van der Waals surface area contributed by atoms with Gasteiger partial charge in [0.15, 0.2) is 0 Å². The molecule has 0 bridgehead atoms. The molecule has 0 saturated heterocycles.